The average Bonchev–Trinajstić information content (AvgIpc) is 3.55. The third-order valence-electron chi connectivity index (χ3n) is 12.6. The van der Waals surface area contributed by atoms with Crippen LogP contribution >= 0.6 is 8.67 Å². The molecular formula is C56H41O2PSi2. The predicted octanol–water partition coefficient (Wildman–Crippen LogP) is 9.40. The van der Waals surface area contributed by atoms with E-state index < -0.39 is 16.1 Å². The molecule has 0 bridgehead atoms. The Balaban J connectivity index is 1.41. The molecule has 0 radical (unpaired) electrons. The van der Waals surface area contributed by atoms with Crippen molar-refractivity contribution in [1.29, 1.82) is 0 Å². The molecule has 0 unspecified atom stereocenters. The van der Waals surface area contributed by atoms with E-state index in [1.165, 1.54) is 52.3 Å². The van der Waals surface area contributed by atoms with E-state index in [0.717, 1.165) is 32.7 Å². The lowest BCUT2D eigenvalue weighted by molar-refractivity contribution is 0.665. The lowest BCUT2D eigenvalue weighted by Crippen LogP contribution is -2.75. The maximum atomic E-state index is 7.33. The Kier molecular flexibility index (Phi) is 9.47. The van der Waals surface area contributed by atoms with Gasteiger partial charge in [0.2, 0.25) is 8.67 Å². The molecule has 0 fully saturated rings. The molecule has 0 amide bonds. The summed E-state index contributed by atoms with van der Waals surface area (Å²) in [5, 5.41) is 17.0. The molecule has 1 aromatic heterocycles. The van der Waals surface area contributed by atoms with E-state index in [9.17, 15) is 0 Å². The van der Waals surface area contributed by atoms with Crippen molar-refractivity contribution >= 4 is 110 Å². The molecule has 0 spiro atoms. The van der Waals surface area contributed by atoms with Crippen molar-refractivity contribution in [3.05, 3.63) is 243 Å². The first kappa shape index (κ1) is 37.1. The second-order valence-corrected chi connectivity index (χ2v) is 23.8. The molecule has 61 heavy (non-hydrogen) atoms. The molecular weight excluding hydrogens is 792 g/mol. The van der Waals surface area contributed by atoms with Crippen LogP contribution in [0.2, 0.25) is 0 Å². The van der Waals surface area contributed by atoms with Gasteiger partial charge in [0.25, 0.3) is 0 Å². The molecule has 11 aromatic rings. The summed E-state index contributed by atoms with van der Waals surface area (Å²) in [4.78, 5) is 0. The molecule has 0 aliphatic heterocycles. The summed E-state index contributed by atoms with van der Waals surface area (Å²) < 4.78 is 14.7. The first-order valence-electron chi connectivity index (χ1n) is 20.8. The van der Waals surface area contributed by atoms with Crippen LogP contribution in [0, 0.1) is 0 Å². The fraction of sp³-hybridized carbons (Fsp3) is 0. The highest BCUT2D eigenvalue weighted by Crippen LogP contribution is 2.38. The van der Waals surface area contributed by atoms with Gasteiger partial charge in [-0.3, -0.25) is 0 Å². The zero-order valence-corrected chi connectivity index (χ0v) is 36.4. The van der Waals surface area contributed by atoms with Crippen LogP contribution in [0.5, 0.6) is 0 Å². The molecule has 290 valence electrons. The van der Waals surface area contributed by atoms with Gasteiger partial charge in [0.1, 0.15) is 11.2 Å². The number of fused-ring (bicyclic) bond motifs is 7. The van der Waals surface area contributed by atoms with Gasteiger partial charge in [0.15, 0.2) is 16.1 Å². The Morgan fingerprint density at radius 3 is 0.803 bits per heavy atom. The maximum Gasteiger partial charge on any atom is 0.201 e. The van der Waals surface area contributed by atoms with Crippen molar-refractivity contribution < 1.29 is 8.39 Å². The molecule has 0 saturated carbocycles. The van der Waals surface area contributed by atoms with Crippen LogP contribution in [0.25, 0.3) is 43.5 Å². The van der Waals surface area contributed by atoms with Crippen molar-refractivity contribution in [2.45, 2.75) is 0 Å². The molecule has 0 aliphatic rings. The van der Waals surface area contributed by atoms with Crippen molar-refractivity contribution in [3.8, 4) is 0 Å². The fourth-order valence-corrected chi connectivity index (χ4v) is 20.7. The van der Waals surface area contributed by atoms with Crippen molar-refractivity contribution in [1.82, 2.24) is 0 Å². The monoisotopic (exact) mass is 832 g/mol. The second kappa shape index (κ2) is 15.6. The molecule has 2 nitrogen and oxygen atoms in total. The highest BCUT2D eigenvalue weighted by atomic mass is 31.1. The second-order valence-electron chi connectivity index (χ2n) is 15.7. The summed E-state index contributed by atoms with van der Waals surface area (Å²) in [7, 11) is -6.45. The van der Waals surface area contributed by atoms with Gasteiger partial charge in [-0.15, -0.1) is 0 Å². The van der Waals surface area contributed by atoms with E-state index in [2.05, 4.69) is 243 Å². The zero-order valence-electron chi connectivity index (χ0n) is 33.4. The SMILES string of the molecule is c1ccc([Si](c2ccccc2)(c2ccccc2)c2cc3ccccc3c3c2o[pH]oc2c([Si](c4ccccc4)(c4ccccc4)c4ccccc4)cc4ccccc4c23)cc1. The minimum Gasteiger partial charge on any atom is -0.421 e. The van der Waals surface area contributed by atoms with Gasteiger partial charge in [0, 0.05) is 10.8 Å². The smallest absolute Gasteiger partial charge is 0.201 e. The molecule has 0 aliphatic carbocycles. The van der Waals surface area contributed by atoms with Gasteiger partial charge >= 0.3 is 0 Å². The van der Waals surface area contributed by atoms with Gasteiger partial charge in [-0.2, -0.15) is 0 Å². The van der Waals surface area contributed by atoms with Crippen LogP contribution in [-0.2, 0) is 0 Å². The van der Waals surface area contributed by atoms with E-state index in [1.807, 2.05) is 0 Å². The molecule has 11 rings (SSSR count). The largest absolute Gasteiger partial charge is 0.421 e. The van der Waals surface area contributed by atoms with Gasteiger partial charge in [-0.1, -0.05) is 243 Å². The quantitative estimate of drug-likeness (QED) is 0.113. The molecule has 5 heteroatoms. The lowest BCUT2D eigenvalue weighted by Gasteiger charge is -2.35. The van der Waals surface area contributed by atoms with Crippen LogP contribution < -0.4 is 41.5 Å². The Bertz CT molecular complexity index is 2920. The maximum absolute atomic E-state index is 7.33. The summed E-state index contributed by atoms with van der Waals surface area (Å²) in [5.41, 5.74) is 1.79. The standard InChI is InChI=1S/C56H41O2PSi2/c1-7-25-43(26-8-1)60(44-27-9-2-10-28-44,45-29-11-3-12-30-45)51-39-41-23-19-21-37-49(41)53-54-50-38-22-20-24-42(50)40-52(56(54)58-59-57-55(51)53)61(46-31-13-4-14-32-46,47-33-15-5-16-34-47)48-35-17-6-18-36-48/h1-40,59H. The van der Waals surface area contributed by atoms with E-state index in [0.29, 0.717) is 0 Å². The Morgan fingerprint density at radius 2 is 0.525 bits per heavy atom. The topological polar surface area (TPSA) is 26.3 Å². The first-order chi connectivity index (χ1) is 30.3. The zero-order chi connectivity index (χ0) is 40.6. The van der Waals surface area contributed by atoms with Gasteiger partial charge in [-0.05, 0) is 63.0 Å². The highest BCUT2D eigenvalue weighted by molar-refractivity contribution is 7.22. The van der Waals surface area contributed by atoms with Crippen molar-refractivity contribution in [3.63, 3.8) is 0 Å². The minimum atomic E-state index is -3.08. The highest BCUT2D eigenvalue weighted by Gasteiger charge is 2.46. The van der Waals surface area contributed by atoms with Gasteiger partial charge in [0.05, 0.1) is 0 Å². The van der Waals surface area contributed by atoms with Crippen LogP contribution in [0.3, 0.4) is 0 Å². The fourth-order valence-electron chi connectivity index (χ4n) is 10.1. The number of hydrogen-bond acceptors (Lipinski definition) is 2. The summed E-state index contributed by atoms with van der Waals surface area (Å²) in [5.74, 6) is 0. The molecule has 0 N–H and O–H groups in total. The van der Waals surface area contributed by atoms with E-state index >= 15 is 0 Å². The summed E-state index contributed by atoms with van der Waals surface area (Å²) in [6, 6.07) is 89.5. The van der Waals surface area contributed by atoms with Crippen LogP contribution in [-0.4, -0.2) is 16.1 Å². The molecule has 1 heterocycles. The first-order valence-corrected chi connectivity index (χ1v) is 25.7. The normalized spacial score (nSPS) is 11.9. The van der Waals surface area contributed by atoms with Gasteiger partial charge < -0.3 is 8.39 Å². The van der Waals surface area contributed by atoms with Gasteiger partial charge in [-0.25, -0.2) is 0 Å². The third kappa shape index (κ3) is 5.90. The number of hydrogen-bond donors (Lipinski definition) is 0. The summed E-state index contributed by atoms with van der Waals surface area (Å²) in [6.07, 6.45) is 0. The average molecular weight is 833 g/mol. The van der Waals surface area contributed by atoms with E-state index in [-0.39, 0.29) is 8.67 Å². The third-order valence-corrected chi connectivity index (χ3v) is 22.7. The molecule has 0 atom stereocenters. The van der Waals surface area contributed by atoms with Crippen molar-refractivity contribution in [2.24, 2.45) is 0 Å². The molecule has 0 saturated heterocycles. The Morgan fingerprint density at radius 1 is 0.279 bits per heavy atom. The summed E-state index contributed by atoms with van der Waals surface area (Å²) >= 11 is 0. The minimum absolute atomic E-state index is 0.288. The van der Waals surface area contributed by atoms with Crippen LogP contribution in [0.4, 0.5) is 0 Å². The summed E-state index contributed by atoms with van der Waals surface area (Å²) in [6.45, 7) is 0. The predicted molar refractivity (Wildman–Crippen MR) is 265 cm³/mol. The van der Waals surface area contributed by atoms with Crippen molar-refractivity contribution in [2.75, 3.05) is 0 Å². The number of benzene rings is 10. The lowest BCUT2D eigenvalue weighted by atomic mass is 9.98. The Labute approximate surface area is 359 Å². The Hall–Kier alpha value is -6.95. The number of rotatable bonds is 8. The molecule has 10 aromatic carbocycles. The van der Waals surface area contributed by atoms with Crippen LogP contribution in [0.1, 0.15) is 0 Å². The van der Waals surface area contributed by atoms with E-state index in [4.69, 9.17) is 8.39 Å². The van der Waals surface area contributed by atoms with E-state index in [1.54, 1.807) is 0 Å². The van der Waals surface area contributed by atoms with Crippen LogP contribution in [0.15, 0.2) is 251 Å².